The summed E-state index contributed by atoms with van der Waals surface area (Å²) in [6.07, 6.45) is 1.07. The van der Waals surface area contributed by atoms with Crippen molar-refractivity contribution < 1.29 is 14.3 Å². The lowest BCUT2D eigenvalue weighted by molar-refractivity contribution is -0.144. The van der Waals surface area contributed by atoms with Crippen LogP contribution in [0.5, 0.6) is 0 Å². The molecule has 0 aliphatic carbocycles. The van der Waals surface area contributed by atoms with Gasteiger partial charge in [-0.3, -0.25) is 9.79 Å². The zero-order valence-corrected chi connectivity index (χ0v) is 13.4. The lowest BCUT2D eigenvalue weighted by Crippen LogP contribution is -2.42. The van der Waals surface area contributed by atoms with Crippen molar-refractivity contribution in [1.29, 1.82) is 0 Å². The number of aliphatic imine (C=N–C) groups is 1. The van der Waals surface area contributed by atoms with Crippen molar-refractivity contribution in [2.75, 3.05) is 40.5 Å². The van der Waals surface area contributed by atoms with Crippen molar-refractivity contribution in [2.45, 2.75) is 27.2 Å². The van der Waals surface area contributed by atoms with Gasteiger partial charge < -0.3 is 20.1 Å². The van der Waals surface area contributed by atoms with Crippen LogP contribution in [0.2, 0.25) is 0 Å². The zero-order valence-electron chi connectivity index (χ0n) is 13.4. The van der Waals surface area contributed by atoms with Gasteiger partial charge in [0.25, 0.3) is 0 Å². The van der Waals surface area contributed by atoms with Gasteiger partial charge in [0.2, 0.25) is 0 Å². The standard InChI is InChI=1S/C14H29N3O3/c1-11(2)6-8-20-9-7-16-14(15-4)17-10-12(3)13(18)19-5/h11-12H,6-10H2,1-5H3,(H2,15,16,17). The van der Waals surface area contributed by atoms with E-state index in [1.807, 2.05) is 0 Å². The molecule has 1 atom stereocenters. The van der Waals surface area contributed by atoms with E-state index in [0.717, 1.165) is 13.0 Å². The van der Waals surface area contributed by atoms with Crippen LogP contribution in [-0.4, -0.2) is 52.4 Å². The van der Waals surface area contributed by atoms with Gasteiger partial charge >= 0.3 is 5.97 Å². The number of carbonyl (C=O) groups excluding carboxylic acids is 1. The summed E-state index contributed by atoms with van der Waals surface area (Å²) in [5.41, 5.74) is 0. The Kier molecular flexibility index (Phi) is 10.8. The fourth-order valence-electron chi connectivity index (χ4n) is 1.42. The molecule has 118 valence electrons. The molecule has 0 bridgehead atoms. The van der Waals surface area contributed by atoms with Crippen molar-refractivity contribution in [3.8, 4) is 0 Å². The van der Waals surface area contributed by atoms with Crippen LogP contribution in [0.25, 0.3) is 0 Å². The minimum Gasteiger partial charge on any atom is -0.469 e. The third kappa shape index (κ3) is 9.61. The minimum absolute atomic E-state index is 0.208. The number of esters is 1. The van der Waals surface area contributed by atoms with E-state index in [1.54, 1.807) is 14.0 Å². The molecule has 0 saturated heterocycles. The molecule has 0 fully saturated rings. The molecule has 0 aromatic heterocycles. The molecule has 0 aliphatic rings. The Morgan fingerprint density at radius 3 is 2.45 bits per heavy atom. The minimum atomic E-state index is -0.232. The van der Waals surface area contributed by atoms with Gasteiger partial charge in [-0.25, -0.2) is 0 Å². The Bertz CT molecular complexity index is 293. The molecule has 0 spiro atoms. The van der Waals surface area contributed by atoms with E-state index in [-0.39, 0.29) is 11.9 Å². The molecule has 0 radical (unpaired) electrons. The van der Waals surface area contributed by atoms with Gasteiger partial charge in [-0.15, -0.1) is 0 Å². The predicted molar refractivity (Wildman–Crippen MR) is 80.8 cm³/mol. The normalized spacial score (nSPS) is 13.2. The fraction of sp³-hybridized carbons (Fsp3) is 0.857. The number of rotatable bonds is 9. The number of ether oxygens (including phenoxy) is 2. The molecule has 0 aliphatic heterocycles. The van der Waals surface area contributed by atoms with Gasteiger partial charge in [-0.05, 0) is 12.3 Å². The van der Waals surface area contributed by atoms with E-state index < -0.39 is 0 Å². The van der Waals surface area contributed by atoms with Crippen LogP contribution in [0.15, 0.2) is 4.99 Å². The van der Waals surface area contributed by atoms with Crippen LogP contribution in [0.3, 0.4) is 0 Å². The quantitative estimate of drug-likeness (QED) is 0.287. The number of methoxy groups -OCH3 is 1. The number of nitrogens with zero attached hydrogens (tertiary/aromatic N) is 1. The van der Waals surface area contributed by atoms with Crippen LogP contribution in [0.4, 0.5) is 0 Å². The topological polar surface area (TPSA) is 72.0 Å². The van der Waals surface area contributed by atoms with Crippen molar-refractivity contribution in [1.82, 2.24) is 10.6 Å². The molecule has 0 aromatic rings. The Morgan fingerprint density at radius 1 is 1.20 bits per heavy atom. The average molecular weight is 287 g/mol. The first kappa shape index (κ1) is 18.7. The third-order valence-corrected chi connectivity index (χ3v) is 2.78. The summed E-state index contributed by atoms with van der Waals surface area (Å²) in [4.78, 5) is 15.3. The second-order valence-corrected chi connectivity index (χ2v) is 5.10. The first-order chi connectivity index (χ1) is 9.51. The summed E-state index contributed by atoms with van der Waals surface area (Å²) in [6, 6.07) is 0. The molecule has 0 rings (SSSR count). The van der Waals surface area contributed by atoms with E-state index in [0.29, 0.717) is 31.6 Å². The van der Waals surface area contributed by atoms with Gasteiger partial charge in [0.05, 0.1) is 19.6 Å². The Hall–Kier alpha value is -1.30. The molecule has 0 amide bonds. The second kappa shape index (κ2) is 11.5. The molecular weight excluding hydrogens is 258 g/mol. The summed E-state index contributed by atoms with van der Waals surface area (Å²) in [6.45, 7) is 8.75. The molecule has 20 heavy (non-hydrogen) atoms. The highest BCUT2D eigenvalue weighted by Crippen LogP contribution is 1.98. The number of guanidine groups is 1. The molecule has 0 heterocycles. The summed E-state index contributed by atoms with van der Waals surface area (Å²) in [7, 11) is 3.08. The maximum absolute atomic E-state index is 11.3. The Labute approximate surface area is 122 Å². The van der Waals surface area contributed by atoms with Crippen LogP contribution in [-0.2, 0) is 14.3 Å². The number of nitrogens with one attached hydrogen (secondary N) is 2. The largest absolute Gasteiger partial charge is 0.469 e. The van der Waals surface area contributed by atoms with E-state index in [4.69, 9.17) is 4.74 Å². The highest BCUT2D eigenvalue weighted by molar-refractivity contribution is 5.80. The number of carbonyl (C=O) groups is 1. The van der Waals surface area contributed by atoms with E-state index >= 15 is 0 Å². The van der Waals surface area contributed by atoms with Crippen molar-refractivity contribution in [3.63, 3.8) is 0 Å². The zero-order chi connectivity index (χ0) is 15.4. The van der Waals surface area contributed by atoms with Crippen LogP contribution in [0, 0.1) is 11.8 Å². The van der Waals surface area contributed by atoms with E-state index in [2.05, 4.69) is 34.2 Å². The maximum Gasteiger partial charge on any atom is 0.310 e. The molecule has 1 unspecified atom stereocenters. The number of hydrogen-bond acceptors (Lipinski definition) is 4. The molecule has 6 heteroatoms. The summed E-state index contributed by atoms with van der Waals surface area (Å²) in [5, 5.41) is 6.21. The van der Waals surface area contributed by atoms with Crippen molar-refractivity contribution in [2.24, 2.45) is 16.8 Å². The highest BCUT2D eigenvalue weighted by Gasteiger charge is 2.12. The Morgan fingerprint density at radius 2 is 1.90 bits per heavy atom. The average Bonchev–Trinajstić information content (AvgIpc) is 2.44. The van der Waals surface area contributed by atoms with Crippen LogP contribution < -0.4 is 10.6 Å². The highest BCUT2D eigenvalue weighted by atomic mass is 16.5. The molecule has 6 nitrogen and oxygen atoms in total. The lowest BCUT2D eigenvalue weighted by atomic mass is 10.1. The van der Waals surface area contributed by atoms with Gasteiger partial charge in [0, 0.05) is 26.7 Å². The molecule has 2 N–H and O–H groups in total. The van der Waals surface area contributed by atoms with Gasteiger partial charge in [-0.2, -0.15) is 0 Å². The van der Waals surface area contributed by atoms with Gasteiger partial charge in [-0.1, -0.05) is 20.8 Å². The molecule has 0 aromatic carbocycles. The van der Waals surface area contributed by atoms with E-state index in [1.165, 1.54) is 7.11 Å². The Balaban J connectivity index is 3.70. The van der Waals surface area contributed by atoms with Crippen molar-refractivity contribution in [3.05, 3.63) is 0 Å². The monoisotopic (exact) mass is 287 g/mol. The number of hydrogen-bond donors (Lipinski definition) is 2. The fourth-order valence-corrected chi connectivity index (χ4v) is 1.42. The van der Waals surface area contributed by atoms with Gasteiger partial charge in [0.15, 0.2) is 5.96 Å². The first-order valence-electron chi connectivity index (χ1n) is 7.11. The molecular formula is C14H29N3O3. The smallest absolute Gasteiger partial charge is 0.310 e. The first-order valence-corrected chi connectivity index (χ1v) is 7.11. The summed E-state index contributed by atoms with van der Waals surface area (Å²) < 4.78 is 10.2. The summed E-state index contributed by atoms with van der Waals surface area (Å²) >= 11 is 0. The van der Waals surface area contributed by atoms with Crippen LogP contribution in [0.1, 0.15) is 27.2 Å². The van der Waals surface area contributed by atoms with Crippen molar-refractivity contribution >= 4 is 11.9 Å². The summed E-state index contributed by atoms with van der Waals surface area (Å²) in [5.74, 6) is 0.885. The lowest BCUT2D eigenvalue weighted by Gasteiger charge is -2.14. The second-order valence-electron chi connectivity index (χ2n) is 5.10. The third-order valence-electron chi connectivity index (χ3n) is 2.78. The maximum atomic E-state index is 11.3. The van der Waals surface area contributed by atoms with E-state index in [9.17, 15) is 4.79 Å². The SMILES string of the molecule is CN=C(NCCOCCC(C)C)NCC(C)C(=O)OC. The van der Waals surface area contributed by atoms with Crippen LogP contribution >= 0.6 is 0 Å². The molecule has 0 saturated carbocycles. The predicted octanol–water partition coefficient (Wildman–Crippen LogP) is 1.02. The van der Waals surface area contributed by atoms with Gasteiger partial charge in [0.1, 0.15) is 0 Å².